The Bertz CT molecular complexity index is 1090. The zero-order valence-corrected chi connectivity index (χ0v) is 21.8. The van der Waals surface area contributed by atoms with Gasteiger partial charge < -0.3 is 26.2 Å². The maximum Gasteiger partial charge on any atom is 0.312 e. The molecule has 7 nitrogen and oxygen atoms in total. The van der Waals surface area contributed by atoms with Crippen LogP contribution in [0, 0.1) is 5.92 Å². The number of nitrogens with zero attached hydrogens (tertiary/aromatic N) is 2. The summed E-state index contributed by atoms with van der Waals surface area (Å²) in [5, 5.41) is 7.99. The Morgan fingerprint density at radius 2 is 1.74 bits per heavy atom. The van der Waals surface area contributed by atoms with Crippen LogP contribution < -0.4 is 21.3 Å². The number of amides is 3. The summed E-state index contributed by atoms with van der Waals surface area (Å²) in [6.45, 7) is 4.78. The number of anilines is 2. The van der Waals surface area contributed by atoms with E-state index in [1.807, 2.05) is 42.2 Å². The first-order chi connectivity index (χ1) is 16.7. The van der Waals surface area contributed by atoms with Crippen LogP contribution in [0.3, 0.4) is 0 Å². The van der Waals surface area contributed by atoms with Crippen LogP contribution in [0.1, 0.15) is 37.8 Å². The Kier molecular flexibility index (Phi) is 8.19. The second-order valence-electron chi connectivity index (χ2n) is 9.24. The monoisotopic (exact) mass is 537 g/mol. The lowest BCUT2D eigenvalue weighted by Gasteiger charge is -2.35. The van der Waals surface area contributed by atoms with Crippen molar-refractivity contribution >= 4 is 58.1 Å². The molecule has 2 aliphatic rings. The number of carbonyl (C=O) groups is 2. The average molecular weight is 539 g/mol. The fourth-order valence-corrected chi connectivity index (χ4v) is 5.65. The maximum atomic E-state index is 13.0. The second-order valence-corrected chi connectivity index (χ2v) is 10.5. The molecule has 2 saturated heterocycles. The quantitative estimate of drug-likeness (QED) is 0.465. The fraction of sp³-hybridized carbons (Fsp3) is 0.440. The third-order valence-electron chi connectivity index (χ3n) is 6.81. The predicted octanol–water partition coefficient (Wildman–Crippen LogP) is 5.31. The molecule has 1 unspecified atom stereocenters. The molecule has 10 heteroatoms. The number of carbonyl (C=O) groups excluding carboxylic acids is 2. The van der Waals surface area contributed by atoms with Crippen molar-refractivity contribution in [1.82, 2.24) is 10.2 Å². The van der Waals surface area contributed by atoms with Gasteiger partial charge in [0.1, 0.15) is 0 Å². The summed E-state index contributed by atoms with van der Waals surface area (Å²) in [6, 6.07) is 10.8. The van der Waals surface area contributed by atoms with Crippen LogP contribution in [0.25, 0.3) is 0 Å². The van der Waals surface area contributed by atoms with Gasteiger partial charge in [0.2, 0.25) is 5.91 Å². The van der Waals surface area contributed by atoms with Crippen molar-refractivity contribution in [2.45, 2.75) is 38.3 Å². The summed E-state index contributed by atoms with van der Waals surface area (Å²) < 4.78 is 0. The lowest BCUT2D eigenvalue weighted by atomic mass is 9.95. The topological polar surface area (TPSA) is 90.7 Å². The van der Waals surface area contributed by atoms with E-state index in [1.54, 1.807) is 6.07 Å². The molecule has 2 fully saturated rings. The summed E-state index contributed by atoms with van der Waals surface area (Å²) in [4.78, 5) is 28.2. The minimum atomic E-state index is -0.542. The van der Waals surface area contributed by atoms with Gasteiger partial charge in [0.15, 0.2) is 0 Å². The van der Waals surface area contributed by atoms with Crippen LogP contribution in [-0.2, 0) is 4.79 Å². The molecule has 3 amide bonds. The highest BCUT2D eigenvalue weighted by Gasteiger charge is 2.33. The molecule has 2 aliphatic heterocycles. The number of piperidine rings is 1. The zero-order valence-electron chi connectivity index (χ0n) is 19.6. The first kappa shape index (κ1) is 25.7. The third kappa shape index (κ3) is 6.26. The van der Waals surface area contributed by atoms with Crippen LogP contribution in [0.2, 0.25) is 15.1 Å². The van der Waals surface area contributed by atoms with E-state index in [2.05, 4.69) is 15.5 Å². The minimum Gasteiger partial charge on any atom is -0.377 e. The molecule has 0 saturated carbocycles. The van der Waals surface area contributed by atoms with Crippen molar-refractivity contribution in [2.75, 3.05) is 36.4 Å². The molecule has 0 spiro atoms. The zero-order chi connectivity index (χ0) is 25.1. The molecule has 188 valence electrons. The maximum absolute atomic E-state index is 13.0. The molecule has 2 aromatic carbocycles. The molecule has 0 aromatic heterocycles. The Morgan fingerprint density at radius 1 is 1.00 bits per heavy atom. The van der Waals surface area contributed by atoms with E-state index >= 15 is 0 Å². The highest BCUT2D eigenvalue weighted by atomic mass is 35.5. The SMILES string of the molecule is CC(Nc1cc(N2CCC(C(=O)N3CC[C@@H](NC(N)=O)C3)CC2)ccc1Cl)c1ccc(Cl)cc1Cl. The molecule has 2 aromatic rings. The predicted molar refractivity (Wildman–Crippen MR) is 143 cm³/mol. The second kappa shape index (κ2) is 11.1. The molecule has 0 bridgehead atoms. The largest absolute Gasteiger partial charge is 0.377 e. The summed E-state index contributed by atoms with van der Waals surface area (Å²) in [5.74, 6) is 0.168. The highest BCUT2D eigenvalue weighted by molar-refractivity contribution is 6.35. The van der Waals surface area contributed by atoms with Crippen LogP contribution in [0.5, 0.6) is 0 Å². The van der Waals surface area contributed by atoms with Crippen molar-refractivity contribution in [3.63, 3.8) is 0 Å². The Hall–Kier alpha value is -2.35. The number of primary amides is 1. The van der Waals surface area contributed by atoms with Gasteiger partial charge in [0, 0.05) is 53.9 Å². The van der Waals surface area contributed by atoms with Crippen molar-refractivity contribution in [1.29, 1.82) is 0 Å². The molecule has 0 radical (unpaired) electrons. The fourth-order valence-electron chi connectivity index (χ4n) is 4.91. The van der Waals surface area contributed by atoms with Gasteiger partial charge in [-0.05, 0) is 62.1 Å². The standard InChI is InChI=1S/C25H30Cl3N5O2/c1-15(20-4-2-17(26)12-22(20)28)30-23-13-19(3-5-21(23)27)32-9-6-16(7-10-32)24(34)33-11-8-18(14-33)31-25(29)35/h2-5,12-13,15-16,18,30H,6-11,14H2,1H3,(H3,29,31,35)/t15?,18-/m1/s1. The van der Waals surface area contributed by atoms with Crippen LogP contribution in [0.4, 0.5) is 16.2 Å². The van der Waals surface area contributed by atoms with Gasteiger partial charge >= 0.3 is 6.03 Å². The van der Waals surface area contributed by atoms with Crippen LogP contribution in [-0.4, -0.2) is 49.1 Å². The van der Waals surface area contributed by atoms with Gasteiger partial charge in [0.05, 0.1) is 16.8 Å². The van der Waals surface area contributed by atoms with E-state index < -0.39 is 6.03 Å². The van der Waals surface area contributed by atoms with Gasteiger partial charge in [-0.2, -0.15) is 0 Å². The molecular weight excluding hydrogens is 509 g/mol. The summed E-state index contributed by atoms with van der Waals surface area (Å²) in [7, 11) is 0. The number of rotatable bonds is 6. The van der Waals surface area contributed by atoms with Gasteiger partial charge in [-0.3, -0.25) is 4.79 Å². The summed E-state index contributed by atoms with van der Waals surface area (Å²) >= 11 is 18.9. The number of nitrogens with two attached hydrogens (primary N) is 1. The smallest absolute Gasteiger partial charge is 0.312 e. The summed E-state index contributed by atoms with van der Waals surface area (Å²) in [5.41, 5.74) is 8.03. The molecule has 2 heterocycles. The van der Waals surface area contributed by atoms with Crippen LogP contribution in [0.15, 0.2) is 36.4 Å². The number of urea groups is 1. The first-order valence-corrected chi connectivity index (χ1v) is 13.0. The normalized spacial score (nSPS) is 19.5. The lowest BCUT2D eigenvalue weighted by Crippen LogP contribution is -2.44. The number of benzene rings is 2. The number of likely N-dealkylation sites (tertiary alicyclic amines) is 1. The molecular formula is C25H30Cl3N5O2. The van der Waals surface area contributed by atoms with Crippen molar-refractivity contribution in [2.24, 2.45) is 11.7 Å². The van der Waals surface area contributed by atoms with E-state index in [0.29, 0.717) is 28.2 Å². The molecule has 4 rings (SSSR count). The number of hydrogen-bond donors (Lipinski definition) is 3. The number of nitrogens with one attached hydrogen (secondary N) is 2. The Morgan fingerprint density at radius 3 is 2.43 bits per heavy atom. The number of halogens is 3. The minimum absolute atomic E-state index is 0.00413. The third-order valence-corrected chi connectivity index (χ3v) is 7.70. The van der Waals surface area contributed by atoms with Gasteiger partial charge in [-0.1, -0.05) is 40.9 Å². The Balaban J connectivity index is 1.36. The van der Waals surface area contributed by atoms with Crippen LogP contribution >= 0.6 is 34.8 Å². The van der Waals surface area contributed by atoms with Crippen molar-refractivity contribution in [3.05, 3.63) is 57.0 Å². The lowest BCUT2D eigenvalue weighted by molar-refractivity contribution is -0.135. The first-order valence-electron chi connectivity index (χ1n) is 11.8. The molecule has 35 heavy (non-hydrogen) atoms. The molecule has 4 N–H and O–H groups in total. The highest BCUT2D eigenvalue weighted by Crippen LogP contribution is 2.34. The average Bonchev–Trinajstić information content (AvgIpc) is 3.28. The van der Waals surface area contributed by atoms with Gasteiger partial charge in [-0.15, -0.1) is 0 Å². The van der Waals surface area contributed by atoms with Gasteiger partial charge in [0.25, 0.3) is 0 Å². The van der Waals surface area contributed by atoms with E-state index in [-0.39, 0.29) is 23.9 Å². The van der Waals surface area contributed by atoms with Crippen molar-refractivity contribution < 1.29 is 9.59 Å². The van der Waals surface area contributed by atoms with E-state index in [1.165, 1.54) is 0 Å². The Labute approximate surface area is 220 Å². The van der Waals surface area contributed by atoms with E-state index in [9.17, 15) is 9.59 Å². The van der Waals surface area contributed by atoms with Gasteiger partial charge in [-0.25, -0.2) is 4.79 Å². The molecule has 0 aliphatic carbocycles. The summed E-state index contributed by atoms with van der Waals surface area (Å²) in [6.07, 6.45) is 2.31. The van der Waals surface area contributed by atoms with Crippen molar-refractivity contribution in [3.8, 4) is 0 Å². The number of hydrogen-bond acceptors (Lipinski definition) is 4. The molecule has 2 atom stereocenters. The van der Waals surface area contributed by atoms with E-state index in [4.69, 9.17) is 40.5 Å². The van der Waals surface area contributed by atoms with E-state index in [0.717, 1.165) is 49.3 Å².